The molecule has 1 amide bonds. The van der Waals surface area contributed by atoms with Crippen LogP contribution in [0.4, 0.5) is 0 Å². The normalized spacial score (nSPS) is 16.9. The highest BCUT2D eigenvalue weighted by molar-refractivity contribution is 6.31. The van der Waals surface area contributed by atoms with Gasteiger partial charge in [-0.1, -0.05) is 11.6 Å². The van der Waals surface area contributed by atoms with Crippen LogP contribution in [0.25, 0.3) is 10.9 Å². The van der Waals surface area contributed by atoms with Crippen LogP contribution in [0.2, 0.25) is 5.02 Å². The highest BCUT2D eigenvalue weighted by Crippen LogP contribution is 2.25. The number of rotatable bonds is 1. The van der Waals surface area contributed by atoms with E-state index in [0.29, 0.717) is 5.02 Å². The Kier molecular flexibility index (Phi) is 3.44. The average molecular weight is 292 g/mol. The van der Waals surface area contributed by atoms with Crippen molar-refractivity contribution >= 4 is 28.4 Å². The molecule has 0 bridgehead atoms. The number of amides is 1. The zero-order valence-corrected chi connectivity index (χ0v) is 12.5. The molecule has 0 unspecified atom stereocenters. The van der Waals surface area contributed by atoms with Crippen molar-refractivity contribution in [2.75, 3.05) is 33.2 Å². The van der Waals surface area contributed by atoms with Gasteiger partial charge in [-0.3, -0.25) is 4.79 Å². The third kappa shape index (κ3) is 2.30. The number of nitrogens with zero attached hydrogens (tertiary/aromatic N) is 3. The molecule has 1 saturated heterocycles. The molecular formula is C15H18ClN3O. The summed E-state index contributed by atoms with van der Waals surface area (Å²) in [5.74, 6) is 0.103. The number of benzene rings is 1. The minimum absolute atomic E-state index is 0.103. The Balaban J connectivity index is 1.97. The van der Waals surface area contributed by atoms with Crippen LogP contribution in [-0.4, -0.2) is 53.5 Å². The topological polar surface area (TPSA) is 28.5 Å². The van der Waals surface area contributed by atoms with E-state index in [2.05, 4.69) is 11.9 Å². The lowest BCUT2D eigenvalue weighted by atomic mass is 10.1. The Hall–Kier alpha value is -1.52. The van der Waals surface area contributed by atoms with Crippen molar-refractivity contribution in [3.05, 3.63) is 35.0 Å². The van der Waals surface area contributed by atoms with Crippen molar-refractivity contribution in [3.63, 3.8) is 0 Å². The lowest BCUT2D eigenvalue weighted by molar-refractivity contribution is 0.0666. The monoisotopic (exact) mass is 291 g/mol. The van der Waals surface area contributed by atoms with Crippen molar-refractivity contribution < 1.29 is 4.79 Å². The van der Waals surface area contributed by atoms with E-state index >= 15 is 0 Å². The van der Waals surface area contributed by atoms with E-state index in [-0.39, 0.29) is 5.91 Å². The van der Waals surface area contributed by atoms with Crippen LogP contribution < -0.4 is 0 Å². The Morgan fingerprint density at radius 3 is 2.55 bits per heavy atom. The van der Waals surface area contributed by atoms with Crippen molar-refractivity contribution in [1.29, 1.82) is 0 Å². The van der Waals surface area contributed by atoms with E-state index in [1.807, 2.05) is 40.9 Å². The summed E-state index contributed by atoms with van der Waals surface area (Å²) in [6, 6.07) is 5.69. The van der Waals surface area contributed by atoms with Gasteiger partial charge in [-0.25, -0.2) is 0 Å². The summed E-state index contributed by atoms with van der Waals surface area (Å²) in [5.41, 5.74) is 1.78. The molecule has 0 radical (unpaired) electrons. The molecule has 1 fully saturated rings. The Labute approximate surface area is 123 Å². The Bertz CT molecular complexity index is 656. The zero-order valence-electron chi connectivity index (χ0n) is 11.8. The van der Waals surface area contributed by atoms with E-state index in [1.165, 1.54) is 0 Å². The maximum Gasteiger partial charge on any atom is 0.256 e. The van der Waals surface area contributed by atoms with Crippen LogP contribution in [0, 0.1) is 0 Å². The van der Waals surface area contributed by atoms with Gasteiger partial charge in [0.25, 0.3) is 5.91 Å². The lowest BCUT2D eigenvalue weighted by Gasteiger charge is -2.32. The number of aryl methyl sites for hydroxylation is 1. The molecule has 0 N–H and O–H groups in total. The van der Waals surface area contributed by atoms with Gasteiger partial charge in [-0.2, -0.15) is 0 Å². The molecule has 0 aliphatic carbocycles. The van der Waals surface area contributed by atoms with Crippen molar-refractivity contribution in [2.45, 2.75) is 0 Å². The Morgan fingerprint density at radius 2 is 1.85 bits per heavy atom. The summed E-state index contributed by atoms with van der Waals surface area (Å²) in [5, 5.41) is 1.60. The molecule has 1 aromatic heterocycles. The highest BCUT2D eigenvalue weighted by Gasteiger charge is 2.23. The summed E-state index contributed by atoms with van der Waals surface area (Å²) >= 11 is 6.07. The Morgan fingerprint density at radius 1 is 1.15 bits per heavy atom. The molecule has 20 heavy (non-hydrogen) atoms. The quantitative estimate of drug-likeness (QED) is 0.806. The van der Waals surface area contributed by atoms with Crippen molar-refractivity contribution in [3.8, 4) is 0 Å². The summed E-state index contributed by atoms with van der Waals surface area (Å²) < 4.78 is 1.98. The molecule has 3 rings (SSSR count). The molecule has 4 nitrogen and oxygen atoms in total. The third-order valence-corrected chi connectivity index (χ3v) is 4.21. The number of fused-ring (bicyclic) bond motifs is 1. The molecule has 5 heteroatoms. The molecule has 1 aliphatic rings. The van der Waals surface area contributed by atoms with Crippen molar-refractivity contribution in [2.24, 2.45) is 7.05 Å². The summed E-state index contributed by atoms with van der Waals surface area (Å²) in [6.45, 7) is 3.42. The first kappa shape index (κ1) is 13.5. The SMILES string of the molecule is CN1CCN(C(=O)c2cn(C)c3ccc(Cl)cc23)CC1. The van der Waals surface area contributed by atoms with E-state index in [4.69, 9.17) is 11.6 Å². The number of aromatic nitrogens is 1. The van der Waals surface area contributed by atoms with Gasteiger partial charge in [-0.05, 0) is 25.2 Å². The van der Waals surface area contributed by atoms with Crippen LogP contribution in [0.1, 0.15) is 10.4 Å². The van der Waals surface area contributed by atoms with Gasteiger partial charge in [-0.15, -0.1) is 0 Å². The fourth-order valence-corrected chi connectivity index (χ4v) is 2.89. The van der Waals surface area contributed by atoms with Crippen LogP contribution in [0.3, 0.4) is 0 Å². The second-order valence-electron chi connectivity index (χ2n) is 5.41. The van der Waals surface area contributed by atoms with Crippen molar-refractivity contribution in [1.82, 2.24) is 14.4 Å². The van der Waals surface area contributed by atoms with Gasteiger partial charge in [0.15, 0.2) is 0 Å². The number of hydrogen-bond acceptors (Lipinski definition) is 2. The minimum atomic E-state index is 0.103. The molecule has 1 aromatic carbocycles. The van der Waals surface area contributed by atoms with Gasteiger partial charge >= 0.3 is 0 Å². The van der Waals surface area contributed by atoms with E-state index in [1.54, 1.807) is 0 Å². The maximum absolute atomic E-state index is 12.7. The standard InChI is InChI=1S/C15H18ClN3O/c1-17-5-7-19(8-6-17)15(20)13-10-18(2)14-4-3-11(16)9-12(13)14/h3-4,9-10H,5-8H2,1-2H3. The summed E-state index contributed by atoms with van der Waals surface area (Å²) in [4.78, 5) is 16.9. The van der Waals surface area contributed by atoms with Gasteiger partial charge < -0.3 is 14.4 Å². The first-order chi connectivity index (χ1) is 9.56. The highest BCUT2D eigenvalue weighted by atomic mass is 35.5. The molecule has 0 spiro atoms. The largest absolute Gasteiger partial charge is 0.350 e. The van der Waals surface area contributed by atoms with E-state index in [0.717, 1.165) is 42.6 Å². The molecule has 2 aromatic rings. The third-order valence-electron chi connectivity index (χ3n) is 3.97. The fraction of sp³-hybridized carbons (Fsp3) is 0.400. The first-order valence-corrected chi connectivity index (χ1v) is 7.16. The first-order valence-electron chi connectivity index (χ1n) is 6.78. The van der Waals surface area contributed by atoms with Gasteiger partial charge in [0.1, 0.15) is 0 Å². The van der Waals surface area contributed by atoms with E-state index < -0.39 is 0 Å². The predicted octanol–water partition coefficient (Wildman–Crippen LogP) is 2.22. The predicted molar refractivity (Wildman–Crippen MR) is 81.3 cm³/mol. The molecule has 0 saturated carbocycles. The fourth-order valence-electron chi connectivity index (χ4n) is 2.71. The van der Waals surface area contributed by atoms with Crippen LogP contribution in [0.5, 0.6) is 0 Å². The molecule has 106 valence electrons. The molecule has 0 atom stereocenters. The minimum Gasteiger partial charge on any atom is -0.350 e. The number of halogens is 1. The zero-order chi connectivity index (χ0) is 14.3. The lowest BCUT2D eigenvalue weighted by Crippen LogP contribution is -2.47. The van der Waals surface area contributed by atoms with Gasteiger partial charge in [0.05, 0.1) is 5.56 Å². The van der Waals surface area contributed by atoms with Crippen LogP contribution in [0.15, 0.2) is 24.4 Å². The van der Waals surface area contributed by atoms with Gasteiger partial charge in [0.2, 0.25) is 0 Å². The smallest absolute Gasteiger partial charge is 0.256 e. The second kappa shape index (κ2) is 5.11. The number of carbonyl (C=O) groups is 1. The van der Waals surface area contributed by atoms with Gasteiger partial charge in [0, 0.05) is 55.3 Å². The second-order valence-corrected chi connectivity index (χ2v) is 5.85. The van der Waals surface area contributed by atoms with Crippen LogP contribution in [-0.2, 0) is 7.05 Å². The summed E-state index contributed by atoms with van der Waals surface area (Å²) in [6.07, 6.45) is 1.90. The number of likely N-dealkylation sites (N-methyl/N-ethyl adjacent to an activating group) is 1. The molecule has 1 aliphatic heterocycles. The van der Waals surface area contributed by atoms with Crippen LogP contribution >= 0.6 is 11.6 Å². The average Bonchev–Trinajstić information content (AvgIpc) is 2.75. The molecule has 2 heterocycles. The number of piperazine rings is 1. The number of carbonyl (C=O) groups excluding carboxylic acids is 1. The van der Waals surface area contributed by atoms with E-state index in [9.17, 15) is 4.79 Å². The maximum atomic E-state index is 12.7. The summed E-state index contributed by atoms with van der Waals surface area (Å²) in [7, 11) is 4.04. The number of hydrogen-bond donors (Lipinski definition) is 0. The molecular weight excluding hydrogens is 274 g/mol.